The van der Waals surface area contributed by atoms with Crippen LogP contribution in [-0.4, -0.2) is 17.4 Å². The van der Waals surface area contributed by atoms with Crippen LogP contribution in [0.3, 0.4) is 0 Å². The van der Waals surface area contributed by atoms with Gasteiger partial charge in [0.05, 0.1) is 5.69 Å². The lowest BCUT2D eigenvalue weighted by molar-refractivity contribution is 0.586. The Morgan fingerprint density at radius 1 is 1.12 bits per heavy atom. The van der Waals surface area contributed by atoms with Gasteiger partial charge in [0, 0.05) is 34.7 Å². The first-order valence-electron chi connectivity index (χ1n) is 6.98. The predicted octanol–water partition coefficient (Wildman–Crippen LogP) is 4.98. The number of benzene rings is 2. The molecular formula is C16H14ClF3N2S2. The van der Waals surface area contributed by atoms with Crippen molar-refractivity contribution in [2.75, 3.05) is 17.6 Å². The van der Waals surface area contributed by atoms with Crippen molar-refractivity contribution < 1.29 is 13.2 Å². The van der Waals surface area contributed by atoms with E-state index in [1.165, 1.54) is 23.9 Å². The minimum absolute atomic E-state index is 0.0969. The molecule has 0 saturated carbocycles. The number of hydrogen-bond acceptors (Lipinski definition) is 2. The smallest absolute Gasteiger partial charge is 0.170 e. The zero-order valence-electron chi connectivity index (χ0n) is 12.4. The molecule has 0 amide bonds. The predicted molar refractivity (Wildman–Crippen MR) is 98.2 cm³/mol. The van der Waals surface area contributed by atoms with Crippen molar-refractivity contribution in [2.45, 2.75) is 5.75 Å². The highest BCUT2D eigenvalue weighted by Gasteiger charge is 2.07. The lowest BCUT2D eigenvalue weighted by atomic mass is 10.2. The number of halogens is 4. The SMILES string of the molecule is Fc1ccc(NC(=S)NCCSCc2c(F)cccc2Cl)c(F)c1. The lowest BCUT2D eigenvalue weighted by Crippen LogP contribution is -2.30. The Morgan fingerprint density at radius 2 is 1.92 bits per heavy atom. The van der Waals surface area contributed by atoms with Crippen molar-refractivity contribution in [1.29, 1.82) is 0 Å². The number of thiocarbonyl (C=S) groups is 1. The fraction of sp³-hybridized carbons (Fsp3) is 0.188. The number of nitrogens with one attached hydrogen (secondary N) is 2. The van der Waals surface area contributed by atoms with Gasteiger partial charge in [-0.25, -0.2) is 13.2 Å². The molecule has 2 aromatic carbocycles. The van der Waals surface area contributed by atoms with Crippen molar-refractivity contribution in [3.63, 3.8) is 0 Å². The van der Waals surface area contributed by atoms with E-state index in [4.69, 9.17) is 23.8 Å². The maximum atomic E-state index is 13.6. The van der Waals surface area contributed by atoms with Crippen molar-refractivity contribution in [2.24, 2.45) is 0 Å². The Kier molecular flexibility index (Phi) is 7.20. The van der Waals surface area contributed by atoms with E-state index in [0.29, 0.717) is 28.6 Å². The van der Waals surface area contributed by atoms with Crippen LogP contribution >= 0.6 is 35.6 Å². The second-order valence-electron chi connectivity index (χ2n) is 4.76. The molecule has 2 nitrogen and oxygen atoms in total. The summed E-state index contributed by atoms with van der Waals surface area (Å²) in [4.78, 5) is 0. The van der Waals surface area contributed by atoms with Gasteiger partial charge in [0.2, 0.25) is 0 Å². The summed E-state index contributed by atoms with van der Waals surface area (Å²) in [5.41, 5.74) is 0.568. The van der Waals surface area contributed by atoms with Gasteiger partial charge in [0.15, 0.2) is 5.11 Å². The molecule has 0 bridgehead atoms. The van der Waals surface area contributed by atoms with Gasteiger partial charge in [-0.05, 0) is 36.5 Å². The molecule has 8 heteroatoms. The molecule has 128 valence electrons. The molecule has 2 rings (SSSR count). The molecule has 0 aromatic heterocycles. The van der Waals surface area contributed by atoms with Gasteiger partial charge in [-0.1, -0.05) is 17.7 Å². The highest BCUT2D eigenvalue weighted by molar-refractivity contribution is 7.98. The molecule has 0 fully saturated rings. The zero-order valence-corrected chi connectivity index (χ0v) is 14.8. The van der Waals surface area contributed by atoms with Crippen LogP contribution in [0.25, 0.3) is 0 Å². The largest absolute Gasteiger partial charge is 0.362 e. The Bertz CT molecular complexity index is 708. The minimum atomic E-state index is -0.720. The van der Waals surface area contributed by atoms with E-state index in [0.717, 1.165) is 12.1 Å². The summed E-state index contributed by atoms with van der Waals surface area (Å²) in [5, 5.41) is 6.18. The molecule has 0 atom stereocenters. The maximum Gasteiger partial charge on any atom is 0.170 e. The first-order chi connectivity index (χ1) is 11.5. The molecule has 0 radical (unpaired) electrons. The quantitative estimate of drug-likeness (QED) is 0.536. The van der Waals surface area contributed by atoms with Crippen LogP contribution in [0, 0.1) is 17.5 Å². The van der Waals surface area contributed by atoms with Crippen molar-refractivity contribution in [1.82, 2.24) is 5.32 Å². The number of anilines is 1. The third-order valence-corrected chi connectivity index (χ3v) is 4.61. The van der Waals surface area contributed by atoms with E-state index in [1.807, 2.05) is 0 Å². The van der Waals surface area contributed by atoms with Gasteiger partial charge >= 0.3 is 0 Å². The average molecular weight is 391 g/mol. The van der Waals surface area contributed by atoms with Gasteiger partial charge in [0.1, 0.15) is 17.5 Å². The van der Waals surface area contributed by atoms with Crippen molar-refractivity contribution in [3.05, 3.63) is 64.4 Å². The highest BCUT2D eigenvalue weighted by Crippen LogP contribution is 2.23. The molecular weight excluding hydrogens is 377 g/mol. The summed E-state index contributed by atoms with van der Waals surface area (Å²) in [6, 6.07) is 7.77. The van der Waals surface area contributed by atoms with Gasteiger partial charge in [-0.2, -0.15) is 11.8 Å². The van der Waals surface area contributed by atoms with Crippen LogP contribution < -0.4 is 10.6 Å². The Balaban J connectivity index is 1.71. The summed E-state index contributed by atoms with van der Waals surface area (Å²) >= 11 is 12.5. The summed E-state index contributed by atoms with van der Waals surface area (Å²) < 4.78 is 39.9. The third-order valence-electron chi connectivity index (χ3n) is 3.02. The first-order valence-corrected chi connectivity index (χ1v) is 8.92. The normalized spacial score (nSPS) is 10.5. The van der Waals surface area contributed by atoms with Gasteiger partial charge in [-0.15, -0.1) is 0 Å². The molecule has 0 aliphatic rings. The molecule has 0 aliphatic carbocycles. The number of rotatable bonds is 6. The fourth-order valence-electron chi connectivity index (χ4n) is 1.84. The van der Waals surface area contributed by atoms with E-state index in [-0.39, 0.29) is 16.6 Å². The second kappa shape index (κ2) is 9.15. The van der Waals surface area contributed by atoms with Gasteiger partial charge in [-0.3, -0.25) is 0 Å². The Morgan fingerprint density at radius 3 is 2.62 bits per heavy atom. The molecule has 24 heavy (non-hydrogen) atoms. The van der Waals surface area contributed by atoms with Crippen LogP contribution in [0.15, 0.2) is 36.4 Å². The van der Waals surface area contributed by atoms with E-state index in [2.05, 4.69) is 10.6 Å². The van der Waals surface area contributed by atoms with Crippen LogP contribution in [-0.2, 0) is 5.75 Å². The van der Waals surface area contributed by atoms with Crippen LogP contribution in [0.4, 0.5) is 18.9 Å². The Labute approximate surface area is 152 Å². The first kappa shape index (κ1) is 18.9. The second-order valence-corrected chi connectivity index (χ2v) is 6.68. The van der Waals surface area contributed by atoms with Gasteiger partial charge in [0.25, 0.3) is 0 Å². The summed E-state index contributed by atoms with van der Waals surface area (Å²) in [6.07, 6.45) is 0. The van der Waals surface area contributed by atoms with Gasteiger partial charge < -0.3 is 10.6 Å². The molecule has 0 heterocycles. The van der Waals surface area contributed by atoms with Crippen LogP contribution in [0.2, 0.25) is 5.02 Å². The van der Waals surface area contributed by atoms with Crippen molar-refractivity contribution >= 4 is 46.4 Å². The summed E-state index contributed by atoms with van der Waals surface area (Å²) in [7, 11) is 0. The molecule has 0 spiro atoms. The van der Waals surface area contributed by atoms with Crippen LogP contribution in [0.1, 0.15) is 5.56 Å². The molecule has 2 aromatic rings. The standard InChI is InChI=1S/C16H14ClF3N2S2/c17-12-2-1-3-13(19)11(12)9-24-7-6-21-16(23)22-15-5-4-10(18)8-14(15)20/h1-5,8H,6-7,9H2,(H2,21,22,23). The fourth-order valence-corrected chi connectivity index (χ4v) is 3.25. The van der Waals surface area contributed by atoms with E-state index >= 15 is 0 Å². The zero-order chi connectivity index (χ0) is 17.5. The third kappa shape index (κ3) is 5.58. The van der Waals surface area contributed by atoms with Crippen LogP contribution in [0.5, 0.6) is 0 Å². The van der Waals surface area contributed by atoms with E-state index in [9.17, 15) is 13.2 Å². The molecule has 0 saturated heterocycles. The topological polar surface area (TPSA) is 24.1 Å². The molecule has 2 N–H and O–H groups in total. The molecule has 0 unspecified atom stereocenters. The summed E-state index contributed by atoms with van der Waals surface area (Å²) in [5.74, 6) is -0.604. The minimum Gasteiger partial charge on any atom is -0.362 e. The Hall–Kier alpha value is -1.44. The van der Waals surface area contributed by atoms with Crippen molar-refractivity contribution in [3.8, 4) is 0 Å². The summed E-state index contributed by atoms with van der Waals surface area (Å²) in [6.45, 7) is 0.505. The lowest BCUT2D eigenvalue weighted by Gasteiger charge is -2.11. The number of hydrogen-bond donors (Lipinski definition) is 2. The highest BCUT2D eigenvalue weighted by atomic mass is 35.5. The average Bonchev–Trinajstić information content (AvgIpc) is 2.52. The number of thioether (sulfide) groups is 1. The molecule has 0 aliphatic heterocycles. The monoisotopic (exact) mass is 390 g/mol. The maximum absolute atomic E-state index is 13.6. The van der Waals surface area contributed by atoms with E-state index in [1.54, 1.807) is 12.1 Å². The van der Waals surface area contributed by atoms with E-state index < -0.39 is 11.6 Å².